The van der Waals surface area contributed by atoms with Crippen LogP contribution in [-0.2, 0) is 19.6 Å². The first-order valence-corrected chi connectivity index (χ1v) is 7.56. The minimum Gasteiger partial charge on any atom is -0.447 e. The summed E-state index contributed by atoms with van der Waals surface area (Å²) in [5, 5.41) is 8.56. The normalized spacial score (nSPS) is 12.4. The number of nitriles is 1. The molecule has 0 aromatic heterocycles. The zero-order valence-corrected chi connectivity index (χ0v) is 12.2. The highest BCUT2D eigenvalue weighted by Gasteiger charge is 2.17. The van der Waals surface area contributed by atoms with Gasteiger partial charge < -0.3 is 4.74 Å². The van der Waals surface area contributed by atoms with Crippen molar-refractivity contribution in [3.8, 4) is 6.07 Å². The van der Waals surface area contributed by atoms with Gasteiger partial charge in [0.15, 0.2) is 6.10 Å². The van der Waals surface area contributed by atoms with E-state index in [2.05, 4.69) is 9.46 Å². The first-order valence-electron chi connectivity index (χ1n) is 5.70. The predicted octanol–water partition coefficient (Wildman–Crippen LogP) is 1.46. The van der Waals surface area contributed by atoms with Gasteiger partial charge in [-0.1, -0.05) is 23.7 Å². The number of hydrogen-bond donors (Lipinski definition) is 1. The molecular weight excluding hydrogens is 304 g/mol. The van der Waals surface area contributed by atoms with Gasteiger partial charge in [0.25, 0.3) is 0 Å². The lowest BCUT2D eigenvalue weighted by atomic mass is 10.4. The molecule has 0 aliphatic heterocycles. The van der Waals surface area contributed by atoms with Crippen LogP contribution in [0.2, 0.25) is 5.02 Å². The average Bonchev–Trinajstić information content (AvgIpc) is 2.38. The number of ether oxygens (including phenoxy) is 1. The molecule has 6 nitrogen and oxygen atoms in total. The highest BCUT2D eigenvalue weighted by molar-refractivity contribution is 7.89. The Bertz CT molecular complexity index is 625. The van der Waals surface area contributed by atoms with E-state index in [1.165, 1.54) is 19.1 Å². The maximum Gasteiger partial charge on any atom is 0.308 e. The van der Waals surface area contributed by atoms with Crippen molar-refractivity contribution in [3.05, 3.63) is 29.3 Å². The van der Waals surface area contributed by atoms with E-state index in [-0.39, 0.29) is 22.9 Å². The summed E-state index contributed by atoms with van der Waals surface area (Å²) < 4.78 is 30.8. The fraction of sp³-hybridized carbons (Fsp3) is 0.333. The van der Waals surface area contributed by atoms with Crippen LogP contribution in [0.5, 0.6) is 0 Å². The van der Waals surface area contributed by atoms with Gasteiger partial charge in [0.2, 0.25) is 10.0 Å². The molecule has 0 aliphatic rings. The molecule has 0 fully saturated rings. The quantitative estimate of drug-likeness (QED) is 0.801. The van der Waals surface area contributed by atoms with Crippen molar-refractivity contribution in [1.82, 2.24) is 4.72 Å². The molecule has 0 heterocycles. The third-order valence-electron chi connectivity index (χ3n) is 2.24. The van der Waals surface area contributed by atoms with E-state index in [9.17, 15) is 13.2 Å². The summed E-state index contributed by atoms with van der Waals surface area (Å²) in [6, 6.07) is 7.71. The van der Waals surface area contributed by atoms with Gasteiger partial charge in [0.1, 0.15) is 11.0 Å². The number of benzene rings is 1. The van der Waals surface area contributed by atoms with E-state index in [0.29, 0.717) is 0 Å². The number of rotatable bonds is 6. The Morgan fingerprint density at radius 2 is 2.15 bits per heavy atom. The van der Waals surface area contributed by atoms with Crippen molar-refractivity contribution in [2.45, 2.75) is 24.3 Å². The summed E-state index contributed by atoms with van der Waals surface area (Å²) >= 11 is 5.79. The average molecular weight is 317 g/mol. The standard InChI is InChI=1S/C12H13ClN2O4S/c1-9(8-14)19-12(16)6-7-15-20(17,18)11-5-3-2-4-10(11)13/h2-5,9,15H,6-7H2,1H3/t9-/m1/s1. The fourth-order valence-corrected chi connectivity index (χ4v) is 2.86. The third-order valence-corrected chi connectivity index (χ3v) is 4.20. The Balaban J connectivity index is 2.56. The monoisotopic (exact) mass is 316 g/mol. The largest absolute Gasteiger partial charge is 0.447 e. The van der Waals surface area contributed by atoms with E-state index < -0.39 is 22.1 Å². The highest BCUT2D eigenvalue weighted by atomic mass is 35.5. The Kier molecular flexibility index (Phi) is 5.95. The van der Waals surface area contributed by atoms with Gasteiger partial charge in [-0.2, -0.15) is 5.26 Å². The third kappa shape index (κ3) is 4.81. The molecule has 1 N–H and O–H groups in total. The van der Waals surface area contributed by atoms with Crippen LogP contribution in [0.25, 0.3) is 0 Å². The van der Waals surface area contributed by atoms with Gasteiger partial charge in [-0.3, -0.25) is 4.79 Å². The molecule has 0 spiro atoms. The fourth-order valence-electron chi connectivity index (χ4n) is 1.31. The molecule has 108 valence electrons. The first-order chi connectivity index (χ1) is 9.36. The number of sulfonamides is 1. The number of carbonyl (C=O) groups is 1. The molecule has 1 aromatic rings. The maximum absolute atomic E-state index is 11.9. The second-order valence-electron chi connectivity index (χ2n) is 3.84. The number of nitrogens with one attached hydrogen (secondary N) is 1. The Hall–Kier alpha value is -1.62. The lowest BCUT2D eigenvalue weighted by Gasteiger charge is -2.08. The van der Waals surface area contributed by atoms with Crippen LogP contribution in [0.4, 0.5) is 0 Å². The van der Waals surface area contributed by atoms with Crippen LogP contribution in [0.15, 0.2) is 29.2 Å². The summed E-state index contributed by atoms with van der Waals surface area (Å²) in [5.74, 6) is -0.652. The van der Waals surface area contributed by atoms with Gasteiger partial charge in [-0.05, 0) is 19.1 Å². The van der Waals surface area contributed by atoms with Gasteiger partial charge in [-0.25, -0.2) is 13.1 Å². The molecule has 1 aromatic carbocycles. The molecule has 0 bridgehead atoms. The van der Waals surface area contributed by atoms with Crippen molar-refractivity contribution in [1.29, 1.82) is 5.26 Å². The molecule has 1 rings (SSSR count). The van der Waals surface area contributed by atoms with Crippen LogP contribution in [0, 0.1) is 11.3 Å². The lowest BCUT2D eigenvalue weighted by Crippen LogP contribution is -2.27. The molecular formula is C12H13ClN2O4S. The van der Waals surface area contributed by atoms with E-state index >= 15 is 0 Å². The van der Waals surface area contributed by atoms with Crippen molar-refractivity contribution in [3.63, 3.8) is 0 Å². The van der Waals surface area contributed by atoms with Gasteiger partial charge in [0, 0.05) is 6.54 Å². The van der Waals surface area contributed by atoms with E-state index in [1.54, 1.807) is 18.2 Å². The van der Waals surface area contributed by atoms with Crippen LogP contribution >= 0.6 is 11.6 Å². The second kappa shape index (κ2) is 7.24. The summed E-state index contributed by atoms with van der Waals surface area (Å²) in [5.41, 5.74) is 0. The Morgan fingerprint density at radius 3 is 2.75 bits per heavy atom. The molecule has 1 atom stereocenters. The smallest absolute Gasteiger partial charge is 0.308 e. The van der Waals surface area contributed by atoms with E-state index in [0.717, 1.165) is 0 Å². The molecule has 0 amide bonds. The van der Waals surface area contributed by atoms with Crippen LogP contribution < -0.4 is 4.72 Å². The summed E-state index contributed by atoms with van der Waals surface area (Å²) in [7, 11) is -3.78. The van der Waals surface area contributed by atoms with Gasteiger partial charge in [0.05, 0.1) is 11.4 Å². The van der Waals surface area contributed by atoms with Crippen LogP contribution in [0.3, 0.4) is 0 Å². The molecule has 8 heteroatoms. The Morgan fingerprint density at radius 1 is 1.50 bits per heavy atom. The lowest BCUT2D eigenvalue weighted by molar-refractivity contribution is -0.145. The highest BCUT2D eigenvalue weighted by Crippen LogP contribution is 2.19. The van der Waals surface area contributed by atoms with Crippen molar-refractivity contribution in [2.24, 2.45) is 0 Å². The zero-order valence-electron chi connectivity index (χ0n) is 10.7. The topological polar surface area (TPSA) is 96.3 Å². The molecule has 0 saturated carbocycles. The maximum atomic E-state index is 11.9. The molecule has 0 saturated heterocycles. The summed E-state index contributed by atoms with van der Waals surface area (Å²) in [6.07, 6.45) is -1.03. The SMILES string of the molecule is C[C@H](C#N)OC(=O)CCNS(=O)(=O)c1ccccc1Cl. The summed E-state index contributed by atoms with van der Waals surface area (Å²) in [6.45, 7) is 1.29. The second-order valence-corrected chi connectivity index (χ2v) is 5.98. The zero-order chi connectivity index (χ0) is 15.2. The van der Waals surface area contributed by atoms with Crippen LogP contribution in [0.1, 0.15) is 13.3 Å². The minimum atomic E-state index is -3.78. The molecule has 0 aliphatic carbocycles. The molecule has 20 heavy (non-hydrogen) atoms. The molecule has 0 radical (unpaired) electrons. The van der Waals surface area contributed by atoms with Gasteiger partial charge >= 0.3 is 5.97 Å². The number of esters is 1. The Labute approximate surface area is 122 Å². The van der Waals surface area contributed by atoms with E-state index in [1.807, 2.05) is 0 Å². The van der Waals surface area contributed by atoms with Gasteiger partial charge in [-0.15, -0.1) is 0 Å². The number of carbonyl (C=O) groups excluding carboxylic acids is 1. The predicted molar refractivity (Wildman–Crippen MR) is 72.4 cm³/mol. The number of nitrogens with zero attached hydrogens (tertiary/aromatic N) is 1. The van der Waals surface area contributed by atoms with Crippen molar-refractivity contribution in [2.75, 3.05) is 6.54 Å². The van der Waals surface area contributed by atoms with Crippen LogP contribution in [-0.4, -0.2) is 27.0 Å². The minimum absolute atomic E-state index is 0.0552. The number of halogens is 1. The number of hydrogen-bond acceptors (Lipinski definition) is 5. The molecule has 0 unspecified atom stereocenters. The first kappa shape index (κ1) is 16.4. The van der Waals surface area contributed by atoms with Crippen molar-refractivity contribution < 1.29 is 17.9 Å². The summed E-state index contributed by atoms with van der Waals surface area (Å²) in [4.78, 5) is 11.2. The van der Waals surface area contributed by atoms with Crippen molar-refractivity contribution >= 4 is 27.6 Å². The van der Waals surface area contributed by atoms with E-state index in [4.69, 9.17) is 16.9 Å².